The Morgan fingerprint density at radius 1 is 1.13 bits per heavy atom. The van der Waals surface area contributed by atoms with Crippen LogP contribution < -0.4 is 15.9 Å². The van der Waals surface area contributed by atoms with Crippen LogP contribution in [0.1, 0.15) is 11.1 Å². The molecule has 0 bridgehead atoms. The molecule has 0 unspecified atom stereocenters. The second-order valence-corrected chi connectivity index (χ2v) is 5.28. The highest BCUT2D eigenvalue weighted by atomic mass is 35.5. The number of anilines is 1. The number of hydrogen-bond acceptors (Lipinski definition) is 6. The molecule has 8 heteroatoms. The Kier molecular flexibility index (Phi) is 4.58. The van der Waals surface area contributed by atoms with Crippen molar-refractivity contribution >= 4 is 17.5 Å². The van der Waals surface area contributed by atoms with E-state index in [0.29, 0.717) is 18.2 Å². The first-order chi connectivity index (χ1) is 11.2. The fraction of sp³-hybridized carbons (Fsp3) is 0.133. The lowest BCUT2D eigenvalue weighted by atomic mass is 10.2. The van der Waals surface area contributed by atoms with E-state index in [-0.39, 0.29) is 5.95 Å². The third-order valence-corrected chi connectivity index (χ3v) is 3.40. The number of hydrogen-bond donors (Lipinski definition) is 2. The fourth-order valence-electron chi connectivity index (χ4n) is 1.97. The molecule has 0 aliphatic carbocycles. The number of ether oxygens (including phenoxy) is 1. The number of nitrogen functional groups attached to an aromatic ring is 1. The summed E-state index contributed by atoms with van der Waals surface area (Å²) in [5.74, 6) is 0.990. The lowest BCUT2D eigenvalue weighted by Crippen LogP contribution is -2.18. The summed E-state index contributed by atoms with van der Waals surface area (Å²) in [5, 5.41) is 11.5. The normalized spacial score (nSPS) is 10.5. The molecule has 1 heterocycles. The number of halogens is 1. The van der Waals surface area contributed by atoms with Crippen LogP contribution in [0.2, 0.25) is 5.02 Å². The predicted octanol–water partition coefficient (Wildman–Crippen LogP) is 2.23. The van der Waals surface area contributed by atoms with E-state index in [1.54, 1.807) is 0 Å². The molecule has 3 N–H and O–H groups in total. The summed E-state index contributed by atoms with van der Waals surface area (Å²) in [6, 6.07) is 15.3. The van der Waals surface area contributed by atoms with Gasteiger partial charge < -0.3 is 15.9 Å². The zero-order chi connectivity index (χ0) is 16.1. The highest BCUT2D eigenvalue weighted by Gasteiger charge is 2.02. The molecule has 3 rings (SSSR count). The Morgan fingerprint density at radius 3 is 2.70 bits per heavy atom. The summed E-state index contributed by atoms with van der Waals surface area (Å²) in [4.78, 5) is 1.32. The highest BCUT2D eigenvalue weighted by molar-refractivity contribution is 6.30. The average Bonchev–Trinajstić information content (AvgIpc) is 2.98. The largest absolute Gasteiger partial charge is 0.489 e. The molecule has 0 fully saturated rings. The van der Waals surface area contributed by atoms with Gasteiger partial charge in [-0.15, -0.1) is 4.79 Å². The van der Waals surface area contributed by atoms with Crippen molar-refractivity contribution in [3.63, 3.8) is 0 Å². The van der Waals surface area contributed by atoms with Crippen LogP contribution in [0.15, 0.2) is 48.5 Å². The molecule has 0 atom stereocenters. The van der Waals surface area contributed by atoms with Gasteiger partial charge in [-0.3, -0.25) is 0 Å². The van der Waals surface area contributed by atoms with Crippen LogP contribution in [0.5, 0.6) is 5.75 Å². The summed E-state index contributed by atoms with van der Waals surface area (Å²) >= 11 is 5.87. The molecule has 0 saturated carbocycles. The van der Waals surface area contributed by atoms with Gasteiger partial charge in [0.1, 0.15) is 12.4 Å². The minimum atomic E-state index is 0.208. The Labute approximate surface area is 138 Å². The van der Waals surface area contributed by atoms with Gasteiger partial charge in [-0.2, -0.15) is 0 Å². The maximum absolute atomic E-state index is 5.87. The van der Waals surface area contributed by atoms with Gasteiger partial charge >= 0.3 is 0 Å². The van der Waals surface area contributed by atoms with Crippen molar-refractivity contribution < 1.29 is 4.74 Å². The molecule has 2 aromatic carbocycles. The molecule has 1 aromatic heterocycles. The molecule has 0 aliphatic heterocycles. The smallest absolute Gasteiger partial charge is 0.260 e. The molecular formula is C15H15ClN6O. The third kappa shape index (κ3) is 4.10. The van der Waals surface area contributed by atoms with Gasteiger partial charge in [-0.25, -0.2) is 0 Å². The Balaban J connectivity index is 1.58. The molecule has 7 nitrogen and oxygen atoms in total. The van der Waals surface area contributed by atoms with Crippen molar-refractivity contribution in [2.45, 2.75) is 13.2 Å². The number of nitrogens with zero attached hydrogens (tertiary/aromatic N) is 4. The van der Waals surface area contributed by atoms with E-state index < -0.39 is 0 Å². The highest BCUT2D eigenvalue weighted by Crippen LogP contribution is 2.16. The average molecular weight is 331 g/mol. The summed E-state index contributed by atoms with van der Waals surface area (Å²) in [6.45, 7) is 1.00. The van der Waals surface area contributed by atoms with Gasteiger partial charge in [0.25, 0.3) is 5.95 Å². The van der Waals surface area contributed by atoms with Crippen LogP contribution in [0, 0.1) is 0 Å². The van der Waals surface area contributed by atoms with Crippen LogP contribution in [0.3, 0.4) is 0 Å². The quantitative estimate of drug-likeness (QED) is 0.720. The minimum Gasteiger partial charge on any atom is -0.489 e. The van der Waals surface area contributed by atoms with Gasteiger partial charge in [0, 0.05) is 5.02 Å². The molecule has 118 valence electrons. The SMILES string of the molecule is Nc1nnnn1NCc1cccc(OCc2ccc(Cl)cc2)c1. The van der Waals surface area contributed by atoms with E-state index in [9.17, 15) is 0 Å². The fourth-order valence-corrected chi connectivity index (χ4v) is 2.09. The van der Waals surface area contributed by atoms with Crippen molar-refractivity contribution in [1.82, 2.24) is 20.3 Å². The Bertz CT molecular complexity index is 774. The second kappa shape index (κ2) is 6.97. The van der Waals surface area contributed by atoms with E-state index >= 15 is 0 Å². The lowest BCUT2D eigenvalue weighted by Gasteiger charge is -2.09. The first kappa shape index (κ1) is 15.1. The number of rotatable bonds is 6. The zero-order valence-corrected chi connectivity index (χ0v) is 12.9. The summed E-state index contributed by atoms with van der Waals surface area (Å²) in [6.07, 6.45) is 0. The molecule has 0 aliphatic rings. The van der Waals surface area contributed by atoms with Crippen LogP contribution >= 0.6 is 11.6 Å². The number of aromatic nitrogens is 4. The number of tetrazole rings is 1. The van der Waals surface area contributed by atoms with Crippen molar-refractivity contribution in [3.05, 3.63) is 64.7 Å². The van der Waals surface area contributed by atoms with Crippen LogP contribution in [0.25, 0.3) is 0 Å². The summed E-state index contributed by atoms with van der Waals surface area (Å²) in [5.41, 5.74) is 10.7. The monoisotopic (exact) mass is 330 g/mol. The molecule has 0 saturated heterocycles. The number of nitrogens with one attached hydrogen (secondary N) is 1. The maximum atomic E-state index is 5.87. The standard InChI is InChI=1S/C15H15ClN6O/c16-13-6-4-11(5-7-13)10-23-14-3-1-2-12(8-14)9-18-22-15(17)19-20-21-22/h1-8,18H,9-10H2,(H2,17,19,21). The molecule has 3 aromatic rings. The van der Waals surface area contributed by atoms with Gasteiger partial charge in [-0.05, 0) is 45.8 Å². The maximum Gasteiger partial charge on any atom is 0.260 e. The van der Waals surface area contributed by atoms with Crippen LogP contribution in [0.4, 0.5) is 5.95 Å². The van der Waals surface area contributed by atoms with E-state index in [0.717, 1.165) is 16.9 Å². The summed E-state index contributed by atoms with van der Waals surface area (Å²) < 4.78 is 5.79. The van der Waals surface area contributed by atoms with E-state index in [2.05, 4.69) is 21.0 Å². The van der Waals surface area contributed by atoms with E-state index in [1.165, 1.54) is 4.79 Å². The van der Waals surface area contributed by atoms with Crippen molar-refractivity contribution in [3.8, 4) is 5.75 Å². The Hall–Kier alpha value is -2.80. The van der Waals surface area contributed by atoms with E-state index in [4.69, 9.17) is 22.1 Å². The van der Waals surface area contributed by atoms with E-state index in [1.807, 2.05) is 48.5 Å². The second-order valence-electron chi connectivity index (χ2n) is 4.85. The van der Waals surface area contributed by atoms with Crippen molar-refractivity contribution in [2.75, 3.05) is 11.2 Å². The molecule has 0 radical (unpaired) electrons. The first-order valence-corrected chi connectivity index (χ1v) is 7.32. The topological polar surface area (TPSA) is 90.9 Å². The van der Waals surface area contributed by atoms with Gasteiger partial charge in [-0.1, -0.05) is 41.0 Å². The Morgan fingerprint density at radius 2 is 1.96 bits per heavy atom. The van der Waals surface area contributed by atoms with Gasteiger partial charge in [0.2, 0.25) is 0 Å². The number of benzene rings is 2. The van der Waals surface area contributed by atoms with Crippen LogP contribution in [-0.2, 0) is 13.2 Å². The molecule has 23 heavy (non-hydrogen) atoms. The summed E-state index contributed by atoms with van der Waals surface area (Å²) in [7, 11) is 0. The minimum absolute atomic E-state index is 0.208. The first-order valence-electron chi connectivity index (χ1n) is 6.94. The molecule has 0 spiro atoms. The van der Waals surface area contributed by atoms with Gasteiger partial charge in [0.05, 0.1) is 6.54 Å². The zero-order valence-electron chi connectivity index (χ0n) is 12.2. The molecule has 0 amide bonds. The third-order valence-electron chi connectivity index (χ3n) is 3.14. The number of nitrogens with two attached hydrogens (primary N) is 1. The van der Waals surface area contributed by atoms with Crippen molar-refractivity contribution in [1.29, 1.82) is 0 Å². The van der Waals surface area contributed by atoms with Crippen molar-refractivity contribution in [2.24, 2.45) is 0 Å². The van der Waals surface area contributed by atoms with Crippen LogP contribution in [-0.4, -0.2) is 20.3 Å². The lowest BCUT2D eigenvalue weighted by molar-refractivity contribution is 0.306. The predicted molar refractivity (Wildman–Crippen MR) is 87.5 cm³/mol. The van der Waals surface area contributed by atoms with Gasteiger partial charge in [0.15, 0.2) is 0 Å². The molecular weight excluding hydrogens is 316 g/mol.